The van der Waals surface area contributed by atoms with Crippen LogP contribution in [0.1, 0.15) is 12.5 Å². The van der Waals surface area contributed by atoms with Crippen LogP contribution in [0.4, 0.5) is 23.0 Å². The van der Waals surface area contributed by atoms with Crippen molar-refractivity contribution in [3.63, 3.8) is 0 Å². The van der Waals surface area contributed by atoms with E-state index in [0.717, 1.165) is 0 Å². The van der Waals surface area contributed by atoms with Gasteiger partial charge in [-0.2, -0.15) is 0 Å². The molecule has 1 heterocycles. The van der Waals surface area contributed by atoms with Crippen molar-refractivity contribution in [1.82, 2.24) is 15.3 Å². The molecule has 12 nitrogen and oxygen atoms in total. The molecule has 0 aliphatic heterocycles. The van der Waals surface area contributed by atoms with E-state index in [-0.39, 0.29) is 41.9 Å². The summed E-state index contributed by atoms with van der Waals surface area (Å²) in [6.45, 7) is 1.56. The number of anilines is 4. The average Bonchev–Trinajstić information content (AvgIpc) is 2.93. The molecular formula is C27H30N6O6S. The Hall–Kier alpha value is -4.30. The maximum absolute atomic E-state index is 13.4. The monoisotopic (exact) mass is 566 g/mol. The van der Waals surface area contributed by atoms with Crippen molar-refractivity contribution in [1.29, 1.82) is 0 Å². The number of para-hydroxylation sites is 2. The summed E-state index contributed by atoms with van der Waals surface area (Å²) in [6.07, 6.45) is -0.606. The first-order chi connectivity index (χ1) is 19.2. The molecule has 6 N–H and O–H groups in total. The van der Waals surface area contributed by atoms with E-state index in [2.05, 4.69) is 30.6 Å². The summed E-state index contributed by atoms with van der Waals surface area (Å²) in [5.74, 6) is 0.178. The average molecular weight is 567 g/mol. The summed E-state index contributed by atoms with van der Waals surface area (Å²) in [6, 6.07) is 17.8. The number of nitrogens with zero attached hydrogens (tertiary/aromatic N) is 2. The van der Waals surface area contributed by atoms with Crippen molar-refractivity contribution >= 4 is 50.0 Å². The number of methoxy groups -OCH3 is 1. The van der Waals surface area contributed by atoms with Crippen LogP contribution in [0.2, 0.25) is 0 Å². The minimum atomic E-state index is -4.17. The number of aliphatic hydroxyl groups is 2. The summed E-state index contributed by atoms with van der Waals surface area (Å²) in [5, 5.41) is 27.4. The topological polar surface area (TPSA) is 175 Å². The van der Waals surface area contributed by atoms with Crippen LogP contribution in [0, 0.1) is 0 Å². The van der Waals surface area contributed by atoms with Gasteiger partial charge in [-0.25, -0.2) is 18.4 Å². The van der Waals surface area contributed by atoms with E-state index in [1.807, 2.05) is 0 Å². The lowest BCUT2D eigenvalue weighted by Gasteiger charge is -2.15. The molecule has 1 unspecified atom stereocenters. The van der Waals surface area contributed by atoms with Gasteiger partial charge in [0.05, 0.1) is 42.3 Å². The molecule has 4 aromatic rings. The molecule has 0 saturated heterocycles. The molecule has 0 saturated carbocycles. The number of carbonyl (C=O) groups excluding carboxylic acids is 1. The molecule has 0 aliphatic carbocycles. The highest BCUT2D eigenvalue weighted by atomic mass is 32.2. The number of fused-ring (bicyclic) bond motifs is 1. The third-order valence-corrected chi connectivity index (χ3v) is 6.94. The minimum absolute atomic E-state index is 0.0515. The van der Waals surface area contributed by atoms with Gasteiger partial charge < -0.3 is 30.9 Å². The molecule has 0 aliphatic rings. The summed E-state index contributed by atoms with van der Waals surface area (Å²) in [5.41, 5.74) is 2.37. The fourth-order valence-corrected chi connectivity index (χ4v) is 4.82. The van der Waals surface area contributed by atoms with Crippen LogP contribution >= 0.6 is 0 Å². The SMILES string of the molecule is COc1cc(CO)cc(Nc2nc3ccccc3nc2NS(=O)(=O)c2cccc(NC(=O)CNCC(C)O)c2)c1. The molecule has 1 atom stereocenters. The fraction of sp³-hybridized carbons (Fsp3) is 0.222. The Labute approximate surface area is 231 Å². The molecule has 0 spiro atoms. The first kappa shape index (κ1) is 28.7. The zero-order valence-corrected chi connectivity index (χ0v) is 22.7. The van der Waals surface area contributed by atoms with Gasteiger partial charge in [0.25, 0.3) is 10.0 Å². The van der Waals surface area contributed by atoms with Crippen LogP contribution in [-0.2, 0) is 21.4 Å². The first-order valence-electron chi connectivity index (χ1n) is 12.3. The van der Waals surface area contributed by atoms with Crippen LogP contribution < -0.4 is 25.4 Å². The van der Waals surface area contributed by atoms with Crippen LogP contribution in [-0.4, -0.2) is 60.8 Å². The Morgan fingerprint density at radius 3 is 2.38 bits per heavy atom. The van der Waals surface area contributed by atoms with Crippen molar-refractivity contribution in [3.05, 3.63) is 72.3 Å². The molecule has 1 aromatic heterocycles. The Morgan fingerprint density at radius 2 is 1.70 bits per heavy atom. The normalized spacial score (nSPS) is 12.1. The van der Waals surface area contributed by atoms with E-state index in [9.17, 15) is 23.4 Å². The van der Waals surface area contributed by atoms with Gasteiger partial charge in [-0.05, 0) is 55.0 Å². The van der Waals surface area contributed by atoms with Gasteiger partial charge in [0.15, 0.2) is 11.6 Å². The predicted molar refractivity (Wildman–Crippen MR) is 152 cm³/mol. The Kier molecular flexibility index (Phi) is 9.11. The van der Waals surface area contributed by atoms with Crippen LogP contribution in [0.5, 0.6) is 5.75 Å². The lowest BCUT2D eigenvalue weighted by Crippen LogP contribution is -2.32. The maximum atomic E-state index is 13.4. The molecule has 3 aromatic carbocycles. The van der Waals surface area contributed by atoms with Gasteiger partial charge in [0.1, 0.15) is 5.75 Å². The Morgan fingerprint density at radius 1 is 0.975 bits per heavy atom. The van der Waals surface area contributed by atoms with Crippen molar-refractivity contribution in [2.24, 2.45) is 0 Å². The number of hydrogen-bond donors (Lipinski definition) is 6. The van der Waals surface area contributed by atoms with Crippen molar-refractivity contribution in [2.75, 3.05) is 35.6 Å². The maximum Gasteiger partial charge on any atom is 0.263 e. The number of aliphatic hydroxyl groups excluding tert-OH is 2. The van der Waals surface area contributed by atoms with Gasteiger partial charge >= 0.3 is 0 Å². The molecule has 0 bridgehead atoms. The van der Waals surface area contributed by atoms with Gasteiger partial charge in [-0.1, -0.05) is 18.2 Å². The predicted octanol–water partition coefficient (Wildman–Crippen LogP) is 2.58. The Bertz CT molecular complexity index is 1590. The van der Waals surface area contributed by atoms with E-state index < -0.39 is 22.0 Å². The number of hydrogen-bond acceptors (Lipinski definition) is 10. The summed E-state index contributed by atoms with van der Waals surface area (Å²) < 4.78 is 34.6. The molecule has 0 fully saturated rings. The number of nitrogens with one attached hydrogen (secondary N) is 4. The molecule has 4 rings (SSSR count). The summed E-state index contributed by atoms with van der Waals surface area (Å²) in [4.78, 5) is 21.2. The number of rotatable bonds is 12. The second-order valence-corrected chi connectivity index (χ2v) is 10.6. The van der Waals surface area contributed by atoms with E-state index >= 15 is 0 Å². The lowest BCUT2D eigenvalue weighted by atomic mass is 10.2. The smallest absolute Gasteiger partial charge is 0.263 e. The molecule has 0 radical (unpaired) electrons. The van der Waals surface area contributed by atoms with Gasteiger partial charge in [0.2, 0.25) is 5.91 Å². The van der Waals surface area contributed by atoms with Gasteiger partial charge in [-0.3, -0.25) is 9.52 Å². The van der Waals surface area contributed by atoms with E-state index in [1.54, 1.807) is 55.5 Å². The minimum Gasteiger partial charge on any atom is -0.497 e. The second kappa shape index (κ2) is 12.7. The molecule has 1 amide bonds. The van der Waals surface area contributed by atoms with Gasteiger partial charge in [0, 0.05) is 24.0 Å². The summed E-state index contributed by atoms with van der Waals surface area (Å²) in [7, 11) is -2.67. The molecule has 13 heteroatoms. The second-order valence-electron chi connectivity index (χ2n) is 8.92. The standard InChI is InChI=1S/C27H30N6O6S/c1-17(35)14-28-15-25(36)29-19-6-5-7-22(13-19)40(37,38)33-27-26(31-23-8-3-4-9-24(23)32-27)30-20-10-18(16-34)11-21(12-20)39-2/h3-13,17,28,34-35H,14-16H2,1-2H3,(H,29,36)(H,30,31)(H,32,33). The van der Waals surface area contributed by atoms with E-state index in [0.29, 0.717) is 28.0 Å². The highest BCUT2D eigenvalue weighted by Gasteiger charge is 2.20. The van der Waals surface area contributed by atoms with Crippen LogP contribution in [0.15, 0.2) is 71.6 Å². The Balaban J connectivity index is 1.63. The molecule has 40 heavy (non-hydrogen) atoms. The number of benzene rings is 3. The third kappa shape index (κ3) is 7.42. The zero-order valence-electron chi connectivity index (χ0n) is 21.9. The van der Waals surface area contributed by atoms with Crippen molar-refractivity contribution < 1.29 is 28.2 Å². The van der Waals surface area contributed by atoms with E-state index in [4.69, 9.17) is 4.74 Å². The summed E-state index contributed by atoms with van der Waals surface area (Å²) >= 11 is 0. The highest BCUT2D eigenvalue weighted by molar-refractivity contribution is 7.92. The van der Waals surface area contributed by atoms with Crippen molar-refractivity contribution in [2.45, 2.75) is 24.5 Å². The highest BCUT2D eigenvalue weighted by Crippen LogP contribution is 2.30. The largest absolute Gasteiger partial charge is 0.497 e. The fourth-order valence-electron chi connectivity index (χ4n) is 3.76. The molecular weight excluding hydrogens is 536 g/mol. The third-order valence-electron chi connectivity index (χ3n) is 5.60. The van der Waals surface area contributed by atoms with Gasteiger partial charge in [-0.15, -0.1) is 0 Å². The number of sulfonamides is 1. The van der Waals surface area contributed by atoms with Crippen molar-refractivity contribution in [3.8, 4) is 5.75 Å². The first-order valence-corrected chi connectivity index (χ1v) is 13.8. The molecule has 210 valence electrons. The lowest BCUT2D eigenvalue weighted by molar-refractivity contribution is -0.115. The van der Waals surface area contributed by atoms with Crippen LogP contribution in [0.25, 0.3) is 11.0 Å². The number of ether oxygens (including phenoxy) is 1. The number of amides is 1. The number of aromatic nitrogens is 2. The quantitative estimate of drug-likeness (QED) is 0.150. The zero-order chi connectivity index (χ0) is 28.7. The van der Waals surface area contributed by atoms with E-state index in [1.165, 1.54) is 25.3 Å². The number of carbonyl (C=O) groups is 1. The van der Waals surface area contributed by atoms with Crippen LogP contribution in [0.3, 0.4) is 0 Å².